The van der Waals surface area contributed by atoms with Gasteiger partial charge in [0.15, 0.2) is 5.69 Å². The van der Waals surface area contributed by atoms with E-state index in [0.29, 0.717) is 14.5 Å². The number of nitrogens with one attached hydrogen (secondary N) is 2. The van der Waals surface area contributed by atoms with Crippen molar-refractivity contribution in [3.05, 3.63) is 117 Å². The fourth-order valence-electron chi connectivity index (χ4n) is 6.01. The average Bonchev–Trinajstić information content (AvgIpc) is 3.02. The summed E-state index contributed by atoms with van der Waals surface area (Å²) in [6, 6.07) is 28.9. The molecule has 230 valence electrons. The number of hydrogen-bond acceptors (Lipinski definition) is 4. The predicted molar refractivity (Wildman–Crippen MR) is 182 cm³/mol. The Kier molecular flexibility index (Phi) is 11.1. The van der Waals surface area contributed by atoms with Gasteiger partial charge in [-0.2, -0.15) is 0 Å². The number of anilines is 1. The summed E-state index contributed by atoms with van der Waals surface area (Å²) in [4.78, 5) is 24.7. The van der Waals surface area contributed by atoms with Crippen LogP contribution in [0.25, 0.3) is 0 Å². The monoisotopic (exact) mass is 678 g/mol. The molecular weight excluding hydrogens is 642 g/mol. The van der Waals surface area contributed by atoms with Crippen molar-refractivity contribution in [2.75, 3.05) is 25.6 Å². The molecule has 44 heavy (non-hydrogen) atoms. The largest absolute Gasteiger partial charge is 0.496 e. The molecule has 4 aromatic rings. The number of carbonyl (C=O) groups is 2. The Morgan fingerprint density at radius 2 is 1.59 bits per heavy atom. The molecule has 5 rings (SSSR count). The molecule has 0 saturated carbocycles. The topological polar surface area (TPSA) is 87.7 Å². The van der Waals surface area contributed by atoms with E-state index in [4.69, 9.17) is 4.74 Å². The first-order valence-corrected chi connectivity index (χ1v) is 15.4. The van der Waals surface area contributed by atoms with Gasteiger partial charge in [0.25, 0.3) is 0 Å². The van der Waals surface area contributed by atoms with Gasteiger partial charge in [-0.15, -0.1) is 12.4 Å². The zero-order valence-electron chi connectivity index (χ0n) is 24.9. The van der Waals surface area contributed by atoms with Crippen LogP contribution in [0.3, 0.4) is 0 Å². The molecule has 1 aliphatic rings. The van der Waals surface area contributed by atoms with Gasteiger partial charge >= 0.3 is 5.97 Å². The Morgan fingerprint density at radius 1 is 0.909 bits per heavy atom. The van der Waals surface area contributed by atoms with Crippen LogP contribution in [0.2, 0.25) is 0 Å². The van der Waals surface area contributed by atoms with Crippen LogP contribution in [-0.2, 0) is 17.6 Å². The number of hydrazine groups is 1. The highest BCUT2D eigenvalue weighted by Crippen LogP contribution is 2.43. The van der Waals surface area contributed by atoms with Crippen molar-refractivity contribution in [3.8, 4) is 5.75 Å². The molecular formula is C35H38BrClN3O4+. The van der Waals surface area contributed by atoms with Gasteiger partial charge in [-0.3, -0.25) is 20.1 Å². The third-order valence-electron chi connectivity index (χ3n) is 8.25. The molecule has 0 radical (unpaired) electrons. The number of benzene rings is 4. The van der Waals surface area contributed by atoms with E-state index < -0.39 is 5.97 Å². The lowest BCUT2D eigenvalue weighted by Crippen LogP contribution is -2.49. The lowest BCUT2D eigenvalue weighted by molar-refractivity contribution is -0.119. The summed E-state index contributed by atoms with van der Waals surface area (Å²) < 4.78 is 6.50. The van der Waals surface area contributed by atoms with Gasteiger partial charge < -0.3 is 9.84 Å². The zero-order chi connectivity index (χ0) is 30.4. The maximum Gasteiger partial charge on any atom is 0.339 e. The van der Waals surface area contributed by atoms with Crippen molar-refractivity contribution in [2.45, 2.75) is 39.0 Å². The van der Waals surface area contributed by atoms with Crippen LogP contribution in [0.5, 0.6) is 5.75 Å². The van der Waals surface area contributed by atoms with E-state index in [0.717, 1.165) is 49.3 Å². The zero-order valence-corrected chi connectivity index (χ0v) is 27.3. The summed E-state index contributed by atoms with van der Waals surface area (Å²) in [5.74, 6) is -1.14. The lowest BCUT2D eigenvalue weighted by Gasteiger charge is -2.42. The number of carboxylic acid groups (broad SMARTS) is 1. The number of carbonyl (C=O) groups excluding carboxylic acids is 1. The molecule has 0 atom stereocenters. The van der Waals surface area contributed by atoms with Crippen molar-refractivity contribution in [3.63, 3.8) is 0 Å². The molecule has 9 heteroatoms. The van der Waals surface area contributed by atoms with E-state index in [-0.39, 0.29) is 36.0 Å². The standard InChI is InChI=1S/C35H36BrN3O4.ClH/c1-24-10-9-13-31(34(24)38-37-33(40)22-27-21-32(43-2)29(35(41)42)23-30(27)36)39(18-7-4-8-19-39)28-16-14-26(15-17-28)20-25-11-5-3-6-12-25;/h3,5-6,9-17,21,23,38H,4,7-8,18-20,22H2,1-2H3,(H-,37,40,41,42);1H/p+1. The fraction of sp³-hybridized carbons (Fsp3) is 0.257. The predicted octanol–water partition coefficient (Wildman–Crippen LogP) is 7.99. The van der Waals surface area contributed by atoms with Gasteiger partial charge in [0.05, 0.1) is 26.6 Å². The molecule has 3 N–H and O–H groups in total. The summed E-state index contributed by atoms with van der Waals surface area (Å²) in [6.07, 6.45) is 4.37. The molecule has 1 heterocycles. The maximum atomic E-state index is 13.1. The van der Waals surface area contributed by atoms with Crippen molar-refractivity contribution < 1.29 is 19.4 Å². The number of halogens is 2. The van der Waals surface area contributed by atoms with Gasteiger partial charge in [0.1, 0.15) is 22.7 Å². The minimum absolute atomic E-state index is 0. The summed E-state index contributed by atoms with van der Waals surface area (Å²) in [6.45, 7) is 4.01. The van der Waals surface area contributed by atoms with Crippen molar-refractivity contribution in [1.29, 1.82) is 0 Å². The minimum atomic E-state index is -1.09. The molecule has 1 amide bonds. The number of methoxy groups -OCH3 is 1. The van der Waals surface area contributed by atoms with Gasteiger partial charge in [-0.05, 0) is 79.1 Å². The van der Waals surface area contributed by atoms with E-state index in [1.807, 2.05) is 19.1 Å². The number of nitrogens with zero attached hydrogens (tertiary/aromatic N) is 1. The van der Waals surface area contributed by atoms with Crippen LogP contribution in [0.15, 0.2) is 89.4 Å². The van der Waals surface area contributed by atoms with Crippen LogP contribution in [-0.4, -0.2) is 37.2 Å². The lowest BCUT2D eigenvalue weighted by atomic mass is 9.99. The normalized spacial score (nSPS) is 13.8. The molecule has 7 nitrogen and oxygen atoms in total. The van der Waals surface area contributed by atoms with E-state index in [1.54, 1.807) is 6.07 Å². The molecule has 4 aromatic carbocycles. The smallest absolute Gasteiger partial charge is 0.339 e. The summed E-state index contributed by atoms with van der Waals surface area (Å²) in [5, 5.41) is 9.45. The minimum Gasteiger partial charge on any atom is -0.496 e. The second kappa shape index (κ2) is 14.8. The number of ether oxygens (including phenoxy) is 1. The molecule has 0 aliphatic carbocycles. The van der Waals surface area contributed by atoms with Crippen LogP contribution >= 0.6 is 28.3 Å². The first kappa shape index (κ1) is 33.1. The SMILES string of the molecule is COc1cc(CC(=O)NNc2c(C)cccc2[N+]2(c3ccc(Cc4ccccc4)cc3)CCCCC2)c(Br)cc1C(=O)O.Cl. The molecule has 0 spiro atoms. The number of quaternary nitrogens is 1. The summed E-state index contributed by atoms with van der Waals surface area (Å²) in [7, 11) is 1.41. The number of rotatable bonds is 10. The molecule has 1 saturated heterocycles. The number of aromatic carboxylic acids is 1. The Hall–Kier alpha value is -3.85. The number of para-hydroxylation sites is 1. The Morgan fingerprint density at radius 3 is 2.25 bits per heavy atom. The molecule has 0 bridgehead atoms. The first-order chi connectivity index (χ1) is 20.8. The highest BCUT2D eigenvalue weighted by Gasteiger charge is 2.37. The number of carboxylic acids is 1. The highest BCUT2D eigenvalue weighted by molar-refractivity contribution is 9.10. The second-order valence-corrected chi connectivity index (χ2v) is 11.9. The average molecular weight is 680 g/mol. The number of hydrogen-bond donors (Lipinski definition) is 3. The highest BCUT2D eigenvalue weighted by atomic mass is 79.9. The molecule has 0 unspecified atom stereocenters. The van der Waals surface area contributed by atoms with E-state index >= 15 is 0 Å². The maximum absolute atomic E-state index is 13.1. The Labute approximate surface area is 273 Å². The first-order valence-electron chi connectivity index (χ1n) is 14.6. The van der Waals surface area contributed by atoms with Crippen molar-refractivity contribution in [2.24, 2.45) is 0 Å². The van der Waals surface area contributed by atoms with Gasteiger partial charge in [0.2, 0.25) is 5.91 Å². The third-order valence-corrected chi connectivity index (χ3v) is 8.99. The van der Waals surface area contributed by atoms with Crippen LogP contribution < -0.4 is 20.1 Å². The summed E-state index contributed by atoms with van der Waals surface area (Å²) >= 11 is 3.41. The Bertz CT molecular complexity index is 1610. The number of aryl methyl sites for hydroxylation is 1. The van der Waals surface area contributed by atoms with Gasteiger partial charge in [-0.25, -0.2) is 4.79 Å². The number of amides is 1. The van der Waals surface area contributed by atoms with E-state index in [9.17, 15) is 14.7 Å². The second-order valence-electron chi connectivity index (χ2n) is 11.1. The van der Waals surface area contributed by atoms with Crippen LogP contribution in [0, 0.1) is 6.92 Å². The summed E-state index contributed by atoms with van der Waals surface area (Å²) in [5.41, 5.74) is 13.7. The quantitative estimate of drug-likeness (QED) is 0.117. The van der Waals surface area contributed by atoms with Crippen molar-refractivity contribution >= 4 is 57.3 Å². The van der Waals surface area contributed by atoms with Gasteiger partial charge in [0, 0.05) is 10.5 Å². The van der Waals surface area contributed by atoms with Crippen molar-refractivity contribution in [1.82, 2.24) is 9.91 Å². The third kappa shape index (κ3) is 7.26. The van der Waals surface area contributed by atoms with Crippen LogP contribution in [0.4, 0.5) is 17.1 Å². The van der Waals surface area contributed by atoms with E-state index in [1.165, 1.54) is 36.4 Å². The number of piperidine rings is 1. The molecule has 0 aromatic heterocycles. The van der Waals surface area contributed by atoms with E-state index in [2.05, 4.69) is 87.4 Å². The fourth-order valence-corrected chi connectivity index (χ4v) is 6.49. The molecule has 1 aliphatic heterocycles. The van der Waals surface area contributed by atoms with Crippen LogP contribution in [0.1, 0.15) is 51.9 Å². The molecule has 1 fully saturated rings. The van der Waals surface area contributed by atoms with Gasteiger partial charge in [-0.1, -0.05) is 70.5 Å². The Balaban J connectivity index is 0.00000442.